The highest BCUT2D eigenvalue weighted by molar-refractivity contribution is 6.05. The first kappa shape index (κ1) is 18.2. The first-order valence-corrected chi connectivity index (χ1v) is 11.0. The van der Waals surface area contributed by atoms with Crippen LogP contribution in [-0.2, 0) is 0 Å². The minimum absolute atomic E-state index is 0.348. The Morgan fingerprint density at radius 1 is 0.548 bits per heavy atom. The Bertz CT molecular complexity index is 1500. The molecule has 1 aliphatic carbocycles. The van der Waals surface area contributed by atoms with Crippen molar-refractivity contribution in [3.05, 3.63) is 125 Å². The zero-order chi connectivity index (χ0) is 20.9. The third-order valence-corrected chi connectivity index (χ3v) is 6.78. The largest absolute Gasteiger partial charge is 0.0720 e. The molecule has 0 N–H and O–H groups in total. The quantitative estimate of drug-likeness (QED) is 0.263. The fraction of sp³-hybridized carbons (Fsp3) is 0.0968. The summed E-state index contributed by atoms with van der Waals surface area (Å²) in [6.45, 7) is 4.51. The Morgan fingerprint density at radius 3 is 2.16 bits per heavy atom. The SMILES string of the molecule is Cc1cc(C2C=Cc3ccccc32)c(C)cc1-c1cccc2cc3ccccc3cc12. The lowest BCUT2D eigenvalue weighted by Gasteiger charge is -2.19. The van der Waals surface area contributed by atoms with Crippen molar-refractivity contribution in [2.75, 3.05) is 0 Å². The van der Waals surface area contributed by atoms with Gasteiger partial charge in [-0.2, -0.15) is 0 Å². The van der Waals surface area contributed by atoms with Crippen LogP contribution in [0.4, 0.5) is 0 Å². The smallest absolute Gasteiger partial charge is 0.0281 e. The molecule has 0 saturated heterocycles. The summed E-state index contributed by atoms with van der Waals surface area (Å²) in [5, 5.41) is 5.20. The maximum Gasteiger partial charge on any atom is 0.0281 e. The minimum Gasteiger partial charge on any atom is -0.0720 e. The maximum atomic E-state index is 2.40. The summed E-state index contributed by atoms with van der Waals surface area (Å²) in [5.41, 5.74) is 9.50. The van der Waals surface area contributed by atoms with Gasteiger partial charge in [0.15, 0.2) is 0 Å². The van der Waals surface area contributed by atoms with Crippen molar-refractivity contribution in [3.63, 3.8) is 0 Å². The second-order valence-corrected chi connectivity index (χ2v) is 8.72. The lowest BCUT2D eigenvalue weighted by Crippen LogP contribution is -2.00. The van der Waals surface area contributed by atoms with Crippen LogP contribution in [0.25, 0.3) is 38.7 Å². The molecule has 148 valence electrons. The van der Waals surface area contributed by atoms with E-state index >= 15 is 0 Å². The van der Waals surface area contributed by atoms with Crippen LogP contribution in [0.3, 0.4) is 0 Å². The molecule has 0 heteroatoms. The standard InChI is InChI=1S/C31H24/c1-20-17-30(28-15-14-22-8-5-6-12-26(22)28)21(2)16-29(20)27-13-7-11-25-18-23-9-3-4-10-24(23)19-31(25)27/h3-19,28H,1-2H3. The van der Waals surface area contributed by atoms with Crippen molar-refractivity contribution >= 4 is 27.6 Å². The van der Waals surface area contributed by atoms with E-state index in [0.717, 1.165) is 0 Å². The lowest BCUT2D eigenvalue weighted by atomic mass is 9.85. The van der Waals surface area contributed by atoms with Crippen LogP contribution in [0.15, 0.2) is 97.1 Å². The van der Waals surface area contributed by atoms with Crippen LogP contribution in [0.2, 0.25) is 0 Å². The highest BCUT2D eigenvalue weighted by Gasteiger charge is 2.21. The summed E-state index contributed by atoms with van der Waals surface area (Å²) < 4.78 is 0. The van der Waals surface area contributed by atoms with Crippen LogP contribution >= 0.6 is 0 Å². The summed E-state index contributed by atoms with van der Waals surface area (Å²) in [5.74, 6) is 0.348. The van der Waals surface area contributed by atoms with Gasteiger partial charge in [0.1, 0.15) is 0 Å². The molecule has 5 aromatic rings. The van der Waals surface area contributed by atoms with E-state index in [4.69, 9.17) is 0 Å². The maximum absolute atomic E-state index is 2.40. The van der Waals surface area contributed by atoms with E-state index in [9.17, 15) is 0 Å². The molecule has 1 unspecified atom stereocenters. The van der Waals surface area contributed by atoms with Crippen molar-refractivity contribution in [3.8, 4) is 11.1 Å². The van der Waals surface area contributed by atoms with Crippen LogP contribution in [-0.4, -0.2) is 0 Å². The fourth-order valence-electron chi connectivity index (χ4n) is 5.19. The number of benzene rings is 5. The van der Waals surface area contributed by atoms with Crippen molar-refractivity contribution in [2.45, 2.75) is 19.8 Å². The normalized spacial score (nSPS) is 15.0. The lowest BCUT2D eigenvalue weighted by molar-refractivity contribution is 1.02. The average molecular weight is 397 g/mol. The second-order valence-electron chi connectivity index (χ2n) is 8.72. The van der Waals surface area contributed by atoms with Gasteiger partial charge in [0.05, 0.1) is 0 Å². The first-order chi connectivity index (χ1) is 15.2. The van der Waals surface area contributed by atoms with Crippen LogP contribution < -0.4 is 0 Å². The van der Waals surface area contributed by atoms with Gasteiger partial charge in [-0.1, -0.05) is 91.0 Å². The summed E-state index contributed by atoms with van der Waals surface area (Å²) >= 11 is 0. The van der Waals surface area contributed by atoms with E-state index < -0.39 is 0 Å². The molecule has 0 heterocycles. The molecule has 0 bridgehead atoms. The van der Waals surface area contributed by atoms with Gasteiger partial charge < -0.3 is 0 Å². The second kappa shape index (κ2) is 6.96. The number of fused-ring (bicyclic) bond motifs is 3. The molecule has 0 aromatic heterocycles. The molecular formula is C31H24. The zero-order valence-corrected chi connectivity index (χ0v) is 17.9. The Morgan fingerprint density at radius 2 is 1.29 bits per heavy atom. The Kier molecular flexibility index (Phi) is 4.07. The van der Waals surface area contributed by atoms with E-state index in [1.807, 2.05) is 0 Å². The summed E-state index contributed by atoms with van der Waals surface area (Å²) in [7, 11) is 0. The van der Waals surface area contributed by atoms with Gasteiger partial charge in [-0.25, -0.2) is 0 Å². The third kappa shape index (κ3) is 2.91. The molecule has 0 spiro atoms. The summed E-state index contributed by atoms with van der Waals surface area (Å²) in [6.07, 6.45) is 4.61. The topological polar surface area (TPSA) is 0 Å². The van der Waals surface area contributed by atoms with Crippen molar-refractivity contribution in [1.29, 1.82) is 0 Å². The number of hydrogen-bond donors (Lipinski definition) is 0. The van der Waals surface area contributed by atoms with Gasteiger partial charge in [0.25, 0.3) is 0 Å². The van der Waals surface area contributed by atoms with E-state index in [1.54, 1.807) is 0 Å². The zero-order valence-electron chi connectivity index (χ0n) is 17.9. The molecule has 0 aliphatic heterocycles. The molecule has 0 amide bonds. The van der Waals surface area contributed by atoms with Crippen LogP contribution in [0.1, 0.15) is 33.7 Å². The number of aryl methyl sites for hydroxylation is 2. The first-order valence-electron chi connectivity index (χ1n) is 11.0. The van der Waals surface area contributed by atoms with Gasteiger partial charge in [-0.15, -0.1) is 0 Å². The Labute approximate surface area is 183 Å². The Balaban J connectivity index is 1.52. The van der Waals surface area contributed by atoms with Crippen molar-refractivity contribution < 1.29 is 0 Å². The molecule has 0 radical (unpaired) electrons. The summed E-state index contributed by atoms with van der Waals surface area (Å²) in [4.78, 5) is 0. The molecule has 0 nitrogen and oxygen atoms in total. The molecule has 1 atom stereocenters. The predicted molar refractivity (Wildman–Crippen MR) is 134 cm³/mol. The third-order valence-electron chi connectivity index (χ3n) is 6.78. The van der Waals surface area contributed by atoms with E-state index in [0.29, 0.717) is 5.92 Å². The summed E-state index contributed by atoms with van der Waals surface area (Å²) in [6, 6.07) is 33.5. The molecular weight excluding hydrogens is 372 g/mol. The number of allylic oxidation sites excluding steroid dienone is 1. The number of rotatable bonds is 2. The van der Waals surface area contributed by atoms with Gasteiger partial charge in [0, 0.05) is 5.92 Å². The van der Waals surface area contributed by atoms with E-state index in [1.165, 1.54) is 60.5 Å². The van der Waals surface area contributed by atoms with Gasteiger partial charge in [-0.3, -0.25) is 0 Å². The highest BCUT2D eigenvalue weighted by atomic mass is 14.2. The minimum atomic E-state index is 0.348. The number of hydrogen-bond acceptors (Lipinski definition) is 0. The molecule has 0 fully saturated rings. The molecule has 1 aliphatic rings. The van der Waals surface area contributed by atoms with E-state index in [2.05, 4.69) is 117 Å². The molecule has 5 aromatic carbocycles. The van der Waals surface area contributed by atoms with Gasteiger partial charge in [0.2, 0.25) is 0 Å². The van der Waals surface area contributed by atoms with Crippen LogP contribution in [0, 0.1) is 13.8 Å². The van der Waals surface area contributed by atoms with Gasteiger partial charge in [-0.05, 0) is 86.5 Å². The fourth-order valence-corrected chi connectivity index (χ4v) is 5.19. The van der Waals surface area contributed by atoms with E-state index in [-0.39, 0.29) is 0 Å². The molecule has 6 rings (SSSR count). The highest BCUT2D eigenvalue weighted by Crippen LogP contribution is 2.40. The van der Waals surface area contributed by atoms with Crippen molar-refractivity contribution in [2.24, 2.45) is 0 Å². The predicted octanol–water partition coefficient (Wildman–Crippen LogP) is 8.44. The monoisotopic (exact) mass is 396 g/mol. The van der Waals surface area contributed by atoms with Crippen molar-refractivity contribution in [1.82, 2.24) is 0 Å². The van der Waals surface area contributed by atoms with Gasteiger partial charge >= 0.3 is 0 Å². The van der Waals surface area contributed by atoms with Crippen LogP contribution in [0.5, 0.6) is 0 Å². The Hall–Kier alpha value is -3.64. The molecule has 31 heavy (non-hydrogen) atoms. The molecule has 0 saturated carbocycles. The average Bonchev–Trinajstić information content (AvgIpc) is 3.22.